The number of carbonyl (C=O) groups is 2. The molecule has 1 aliphatic heterocycles. The van der Waals surface area contributed by atoms with Gasteiger partial charge in [0.15, 0.2) is 0 Å². The fourth-order valence-electron chi connectivity index (χ4n) is 2.70. The predicted molar refractivity (Wildman–Crippen MR) is 79.6 cm³/mol. The fourth-order valence-corrected chi connectivity index (χ4v) is 2.70. The molecule has 0 unspecified atom stereocenters. The van der Waals surface area contributed by atoms with Crippen LogP contribution in [0.15, 0.2) is 28.9 Å². The van der Waals surface area contributed by atoms with Gasteiger partial charge in [0, 0.05) is 11.9 Å². The van der Waals surface area contributed by atoms with Crippen molar-refractivity contribution in [1.82, 2.24) is 10.4 Å². The van der Waals surface area contributed by atoms with Crippen molar-refractivity contribution in [3.05, 3.63) is 35.6 Å². The van der Waals surface area contributed by atoms with E-state index in [4.69, 9.17) is 4.42 Å². The monoisotopic (exact) mass is 302 g/mol. The van der Waals surface area contributed by atoms with Gasteiger partial charge in [-0.25, -0.2) is 5.06 Å². The zero-order chi connectivity index (χ0) is 15.7. The van der Waals surface area contributed by atoms with Crippen LogP contribution in [0.25, 0.3) is 11.0 Å². The highest BCUT2D eigenvalue weighted by molar-refractivity contribution is 6.07. The summed E-state index contributed by atoms with van der Waals surface area (Å²) in [5, 5.41) is 13.5. The minimum atomic E-state index is -0.689. The molecule has 1 aromatic heterocycles. The van der Waals surface area contributed by atoms with Gasteiger partial charge in [0.2, 0.25) is 0 Å². The number of amides is 2. The van der Waals surface area contributed by atoms with Crippen molar-refractivity contribution in [2.75, 3.05) is 6.54 Å². The molecule has 1 atom stereocenters. The van der Waals surface area contributed by atoms with Crippen molar-refractivity contribution in [3.8, 4) is 0 Å². The molecule has 2 N–H and O–H groups in total. The zero-order valence-corrected chi connectivity index (χ0v) is 12.3. The molecule has 22 heavy (non-hydrogen) atoms. The molecule has 2 amide bonds. The summed E-state index contributed by atoms with van der Waals surface area (Å²) in [6, 6.07) is 5.04. The van der Waals surface area contributed by atoms with Gasteiger partial charge in [-0.2, -0.15) is 0 Å². The molecular formula is C16H18N2O4. The molecular weight excluding hydrogens is 284 g/mol. The second-order valence-electron chi connectivity index (χ2n) is 5.46. The molecule has 1 aromatic carbocycles. The fraction of sp³-hybridized carbons (Fsp3) is 0.375. The molecule has 0 radical (unpaired) electrons. The van der Waals surface area contributed by atoms with E-state index in [-0.39, 0.29) is 5.91 Å². The first-order valence-electron chi connectivity index (χ1n) is 7.41. The maximum absolute atomic E-state index is 12.4. The smallest absolute Gasteiger partial charge is 0.268 e. The van der Waals surface area contributed by atoms with E-state index in [9.17, 15) is 14.8 Å². The topological polar surface area (TPSA) is 82.8 Å². The van der Waals surface area contributed by atoms with E-state index in [0.29, 0.717) is 35.6 Å². The first-order valence-corrected chi connectivity index (χ1v) is 7.41. The SMILES string of the molecule is CCc1ccc2occ(C(=O)N[C@H]3CCCN(O)C3=O)c2c1. The van der Waals surface area contributed by atoms with Gasteiger partial charge < -0.3 is 9.73 Å². The number of benzene rings is 1. The zero-order valence-electron chi connectivity index (χ0n) is 12.3. The number of hydroxylamine groups is 2. The van der Waals surface area contributed by atoms with Crippen LogP contribution in [0.5, 0.6) is 0 Å². The van der Waals surface area contributed by atoms with Crippen LogP contribution in [-0.4, -0.2) is 34.7 Å². The van der Waals surface area contributed by atoms with Gasteiger partial charge in [0.05, 0.1) is 5.56 Å². The first kappa shape index (κ1) is 14.6. The van der Waals surface area contributed by atoms with Gasteiger partial charge >= 0.3 is 0 Å². The average molecular weight is 302 g/mol. The van der Waals surface area contributed by atoms with Crippen molar-refractivity contribution in [2.24, 2.45) is 0 Å². The molecule has 6 nitrogen and oxygen atoms in total. The minimum absolute atomic E-state index is 0.305. The number of hydrogen-bond donors (Lipinski definition) is 2. The Morgan fingerprint density at radius 1 is 1.50 bits per heavy atom. The van der Waals surface area contributed by atoms with E-state index in [1.165, 1.54) is 6.26 Å². The Balaban J connectivity index is 1.84. The predicted octanol–water partition coefficient (Wildman–Crippen LogP) is 2.11. The molecule has 0 bridgehead atoms. The summed E-state index contributed by atoms with van der Waals surface area (Å²) in [6.45, 7) is 2.34. The highest BCUT2D eigenvalue weighted by Crippen LogP contribution is 2.23. The Morgan fingerprint density at radius 3 is 3.09 bits per heavy atom. The Hall–Kier alpha value is -2.34. The van der Waals surface area contributed by atoms with Gasteiger partial charge in [-0.1, -0.05) is 13.0 Å². The van der Waals surface area contributed by atoms with Crippen molar-refractivity contribution < 1.29 is 19.2 Å². The number of carbonyl (C=O) groups excluding carboxylic acids is 2. The van der Waals surface area contributed by atoms with E-state index in [2.05, 4.69) is 5.32 Å². The van der Waals surface area contributed by atoms with Crippen LogP contribution in [0.1, 0.15) is 35.7 Å². The summed E-state index contributed by atoms with van der Waals surface area (Å²) >= 11 is 0. The molecule has 6 heteroatoms. The molecule has 1 aliphatic rings. The number of aryl methyl sites for hydroxylation is 1. The van der Waals surface area contributed by atoms with E-state index >= 15 is 0 Å². The largest absolute Gasteiger partial charge is 0.463 e. The molecule has 0 aliphatic carbocycles. The van der Waals surface area contributed by atoms with Crippen LogP contribution in [-0.2, 0) is 11.2 Å². The first-order chi connectivity index (χ1) is 10.6. The van der Waals surface area contributed by atoms with Crippen molar-refractivity contribution >= 4 is 22.8 Å². The second-order valence-corrected chi connectivity index (χ2v) is 5.46. The minimum Gasteiger partial charge on any atom is -0.463 e. The maximum atomic E-state index is 12.4. The van der Waals surface area contributed by atoms with E-state index in [1.54, 1.807) is 0 Å². The standard InChI is InChI=1S/C16H18N2O4/c1-2-10-5-6-14-11(8-10)12(9-22-14)15(19)17-13-4-3-7-18(21)16(13)20/h5-6,8-9,13,21H,2-4,7H2,1H3,(H,17,19)/t13-/m0/s1. The molecule has 3 rings (SSSR count). The van der Waals surface area contributed by atoms with E-state index in [1.807, 2.05) is 25.1 Å². The lowest BCUT2D eigenvalue weighted by molar-refractivity contribution is -0.172. The van der Waals surface area contributed by atoms with Crippen molar-refractivity contribution in [3.63, 3.8) is 0 Å². The number of fused-ring (bicyclic) bond motifs is 1. The number of piperidine rings is 1. The quantitative estimate of drug-likeness (QED) is 0.851. The van der Waals surface area contributed by atoms with Gasteiger partial charge in [-0.3, -0.25) is 14.8 Å². The van der Waals surface area contributed by atoms with Gasteiger partial charge in [-0.15, -0.1) is 0 Å². The second kappa shape index (κ2) is 5.81. The summed E-state index contributed by atoms with van der Waals surface area (Å²) in [4.78, 5) is 24.2. The van der Waals surface area contributed by atoms with Crippen LogP contribution >= 0.6 is 0 Å². The lowest BCUT2D eigenvalue weighted by Gasteiger charge is -2.27. The Labute approximate surface area is 127 Å². The summed E-state index contributed by atoms with van der Waals surface area (Å²) in [7, 11) is 0. The molecule has 2 heterocycles. The Bertz CT molecular complexity index is 722. The van der Waals surface area contributed by atoms with Crippen LogP contribution in [0, 0.1) is 0 Å². The van der Waals surface area contributed by atoms with Crippen molar-refractivity contribution in [1.29, 1.82) is 0 Å². The molecule has 0 saturated carbocycles. The highest BCUT2D eigenvalue weighted by atomic mass is 16.5. The number of rotatable bonds is 3. The summed E-state index contributed by atoms with van der Waals surface area (Å²) in [5.41, 5.74) is 2.16. The summed E-state index contributed by atoms with van der Waals surface area (Å²) in [6.07, 6.45) is 3.45. The number of nitrogens with zero attached hydrogens (tertiary/aromatic N) is 1. The third-order valence-corrected chi connectivity index (χ3v) is 4.01. The van der Waals surface area contributed by atoms with Crippen LogP contribution < -0.4 is 5.32 Å². The molecule has 0 spiro atoms. The average Bonchev–Trinajstić information content (AvgIpc) is 2.94. The Morgan fingerprint density at radius 2 is 2.32 bits per heavy atom. The van der Waals surface area contributed by atoms with Gasteiger partial charge in [0.25, 0.3) is 11.8 Å². The molecule has 116 valence electrons. The number of furan rings is 1. The summed E-state index contributed by atoms with van der Waals surface area (Å²) < 4.78 is 5.40. The lowest BCUT2D eigenvalue weighted by Crippen LogP contribution is -2.51. The maximum Gasteiger partial charge on any atom is 0.268 e. The third-order valence-electron chi connectivity index (χ3n) is 4.01. The van der Waals surface area contributed by atoms with E-state index < -0.39 is 11.9 Å². The van der Waals surface area contributed by atoms with Gasteiger partial charge in [0.1, 0.15) is 17.9 Å². The molecule has 1 fully saturated rings. The number of hydrogen-bond acceptors (Lipinski definition) is 4. The van der Waals surface area contributed by atoms with Crippen molar-refractivity contribution in [2.45, 2.75) is 32.2 Å². The normalized spacial score (nSPS) is 18.7. The molecule has 2 aromatic rings. The summed E-state index contributed by atoms with van der Waals surface area (Å²) in [5.74, 6) is -0.831. The molecule has 1 saturated heterocycles. The highest BCUT2D eigenvalue weighted by Gasteiger charge is 2.30. The third kappa shape index (κ3) is 2.57. The van der Waals surface area contributed by atoms with Crippen LogP contribution in [0.4, 0.5) is 0 Å². The van der Waals surface area contributed by atoms with E-state index in [0.717, 1.165) is 17.4 Å². The lowest BCUT2D eigenvalue weighted by atomic mass is 10.0. The van der Waals surface area contributed by atoms with Crippen LogP contribution in [0.3, 0.4) is 0 Å². The number of nitrogens with one attached hydrogen (secondary N) is 1. The van der Waals surface area contributed by atoms with Crippen LogP contribution in [0.2, 0.25) is 0 Å². The van der Waals surface area contributed by atoms with Gasteiger partial charge in [-0.05, 0) is 37.0 Å². The Kier molecular flexibility index (Phi) is 3.85.